The predicted molar refractivity (Wildman–Crippen MR) is 91.5 cm³/mol. The quantitative estimate of drug-likeness (QED) is 0.616. The Morgan fingerprint density at radius 2 is 1.77 bits per heavy atom. The maximum Gasteiger partial charge on any atom is 0.338 e. The van der Waals surface area contributed by atoms with E-state index in [-0.39, 0.29) is 16.4 Å². The van der Waals surface area contributed by atoms with Gasteiger partial charge in [-0.3, -0.25) is 9.59 Å². The summed E-state index contributed by atoms with van der Waals surface area (Å²) in [5.41, 5.74) is 5.01. The van der Waals surface area contributed by atoms with Gasteiger partial charge in [0.25, 0.3) is 5.91 Å². The number of nitrogens with one attached hydrogen (secondary N) is 1. The predicted octanol–water partition coefficient (Wildman–Crippen LogP) is -0.382. The van der Waals surface area contributed by atoms with Gasteiger partial charge >= 0.3 is 5.97 Å². The van der Waals surface area contributed by atoms with Gasteiger partial charge in [-0.05, 0) is 44.0 Å². The molecular weight excluding hydrogens is 362 g/mol. The van der Waals surface area contributed by atoms with E-state index in [0.29, 0.717) is 13.1 Å². The second kappa shape index (κ2) is 8.28. The molecule has 1 fully saturated rings. The van der Waals surface area contributed by atoms with Crippen molar-refractivity contribution in [2.75, 3.05) is 19.6 Å². The van der Waals surface area contributed by atoms with Gasteiger partial charge in [0, 0.05) is 13.1 Å². The molecule has 0 aromatic heterocycles. The third-order valence-electron chi connectivity index (χ3n) is 3.89. The van der Waals surface area contributed by atoms with Crippen molar-refractivity contribution in [1.82, 2.24) is 9.62 Å². The van der Waals surface area contributed by atoms with Crippen molar-refractivity contribution in [2.45, 2.75) is 30.8 Å². The molecule has 3 N–H and O–H groups in total. The molecule has 0 bridgehead atoms. The second-order valence-electron chi connectivity index (χ2n) is 5.90. The monoisotopic (exact) mass is 383 g/mol. The van der Waals surface area contributed by atoms with Crippen molar-refractivity contribution in [3.8, 4) is 0 Å². The Kier molecular flexibility index (Phi) is 6.32. The third-order valence-corrected chi connectivity index (χ3v) is 5.30. The van der Waals surface area contributed by atoms with Crippen molar-refractivity contribution in [3.63, 3.8) is 0 Å². The first-order chi connectivity index (χ1) is 12.2. The number of primary amides is 1. The molecule has 26 heavy (non-hydrogen) atoms. The molecule has 2 rings (SSSR count). The van der Waals surface area contributed by atoms with Crippen LogP contribution in [0.4, 0.5) is 0 Å². The number of benzene rings is 1. The number of ether oxygens (including phenoxy) is 1. The molecule has 0 aliphatic carbocycles. The van der Waals surface area contributed by atoms with Crippen LogP contribution in [-0.4, -0.2) is 56.8 Å². The number of nitrogens with two attached hydrogens (primary N) is 1. The van der Waals surface area contributed by atoms with E-state index in [9.17, 15) is 22.8 Å². The van der Waals surface area contributed by atoms with Crippen molar-refractivity contribution < 1.29 is 27.5 Å². The Hall–Kier alpha value is -2.46. The molecule has 0 radical (unpaired) electrons. The summed E-state index contributed by atoms with van der Waals surface area (Å²) >= 11 is 0. The molecule has 1 heterocycles. The van der Waals surface area contributed by atoms with Gasteiger partial charge in [0.15, 0.2) is 6.10 Å². The molecule has 1 aromatic rings. The number of carbonyl (C=O) groups excluding carboxylic acids is 3. The molecule has 9 nitrogen and oxygen atoms in total. The van der Waals surface area contributed by atoms with Crippen LogP contribution in [0.1, 0.15) is 30.1 Å². The highest BCUT2D eigenvalue weighted by molar-refractivity contribution is 7.89. The Bertz CT molecular complexity index is 785. The maximum absolute atomic E-state index is 12.1. The molecule has 0 spiro atoms. The molecular formula is C16H21N3O6S. The summed E-state index contributed by atoms with van der Waals surface area (Å²) in [6.07, 6.45) is 0.958. The number of hydrogen-bond acceptors (Lipinski definition) is 6. The minimum atomic E-state index is -3.91. The summed E-state index contributed by atoms with van der Waals surface area (Å²) in [7, 11) is -3.91. The lowest BCUT2D eigenvalue weighted by atomic mass is 10.2. The van der Waals surface area contributed by atoms with Crippen molar-refractivity contribution >= 4 is 27.8 Å². The summed E-state index contributed by atoms with van der Waals surface area (Å²) in [5, 5.41) is 0. The molecule has 2 amide bonds. The fourth-order valence-corrected chi connectivity index (χ4v) is 3.49. The zero-order chi connectivity index (χ0) is 19.3. The first kappa shape index (κ1) is 19.9. The number of amides is 2. The zero-order valence-corrected chi connectivity index (χ0v) is 15.1. The van der Waals surface area contributed by atoms with Crippen LogP contribution < -0.4 is 10.5 Å². The maximum atomic E-state index is 12.1. The topological polar surface area (TPSA) is 136 Å². The van der Waals surface area contributed by atoms with Crippen LogP contribution in [0.3, 0.4) is 0 Å². The Balaban J connectivity index is 1.99. The zero-order valence-electron chi connectivity index (χ0n) is 14.3. The minimum Gasteiger partial charge on any atom is -0.449 e. The van der Waals surface area contributed by atoms with Crippen LogP contribution in [0.2, 0.25) is 0 Å². The SMILES string of the molecule is C[C@H](OC(=O)c1ccc(S(=O)(=O)NCC(N)=O)cc1)C(=O)N1CCCC1. The Labute approximate surface area is 151 Å². The summed E-state index contributed by atoms with van der Waals surface area (Å²) in [6.45, 7) is 2.30. The van der Waals surface area contributed by atoms with Crippen LogP contribution >= 0.6 is 0 Å². The lowest BCUT2D eigenvalue weighted by molar-refractivity contribution is -0.138. The molecule has 1 aromatic carbocycles. The van der Waals surface area contributed by atoms with Gasteiger partial charge in [-0.2, -0.15) is 0 Å². The number of rotatable bonds is 7. The largest absolute Gasteiger partial charge is 0.449 e. The highest BCUT2D eigenvalue weighted by atomic mass is 32.2. The van der Waals surface area contributed by atoms with Crippen molar-refractivity contribution in [2.24, 2.45) is 5.73 Å². The smallest absolute Gasteiger partial charge is 0.338 e. The first-order valence-corrected chi connectivity index (χ1v) is 9.57. The molecule has 142 valence electrons. The molecule has 1 saturated heterocycles. The van der Waals surface area contributed by atoms with E-state index in [1.807, 2.05) is 4.72 Å². The third kappa shape index (κ3) is 5.02. The van der Waals surface area contributed by atoms with Gasteiger partial charge in [0.2, 0.25) is 15.9 Å². The van der Waals surface area contributed by atoms with Crippen LogP contribution in [0.5, 0.6) is 0 Å². The van der Waals surface area contributed by atoms with E-state index >= 15 is 0 Å². The van der Waals surface area contributed by atoms with E-state index in [1.54, 1.807) is 4.90 Å². The van der Waals surface area contributed by atoms with E-state index in [1.165, 1.54) is 31.2 Å². The van der Waals surface area contributed by atoms with Gasteiger partial charge in [0.1, 0.15) is 0 Å². The van der Waals surface area contributed by atoms with E-state index in [0.717, 1.165) is 12.8 Å². The van der Waals surface area contributed by atoms with E-state index in [4.69, 9.17) is 10.5 Å². The molecule has 10 heteroatoms. The van der Waals surface area contributed by atoms with Gasteiger partial charge in [0.05, 0.1) is 17.0 Å². The Morgan fingerprint density at radius 3 is 2.31 bits per heavy atom. The summed E-state index contributed by atoms with van der Waals surface area (Å²) in [4.78, 5) is 36.5. The Morgan fingerprint density at radius 1 is 1.19 bits per heavy atom. The van der Waals surface area contributed by atoms with Gasteiger partial charge in [-0.15, -0.1) is 0 Å². The molecule has 0 saturated carbocycles. The highest BCUT2D eigenvalue weighted by Gasteiger charge is 2.26. The molecule has 1 atom stereocenters. The highest BCUT2D eigenvalue weighted by Crippen LogP contribution is 2.14. The normalized spacial score (nSPS) is 15.5. The lowest BCUT2D eigenvalue weighted by Crippen LogP contribution is -2.38. The summed E-state index contributed by atoms with van der Waals surface area (Å²) in [5.74, 6) is -1.78. The standard InChI is InChI=1S/C16H21N3O6S/c1-11(15(21)19-8-2-3-9-19)25-16(22)12-4-6-13(7-5-12)26(23,24)18-10-14(17)20/h4-7,11,18H,2-3,8-10H2,1H3,(H2,17,20)/t11-/m0/s1. The minimum absolute atomic E-state index is 0.111. The van der Waals surface area contributed by atoms with Crippen LogP contribution in [0.15, 0.2) is 29.2 Å². The van der Waals surface area contributed by atoms with E-state index < -0.39 is 34.5 Å². The first-order valence-electron chi connectivity index (χ1n) is 8.08. The van der Waals surface area contributed by atoms with Crippen molar-refractivity contribution in [3.05, 3.63) is 29.8 Å². The molecule has 1 aliphatic heterocycles. The van der Waals surface area contributed by atoms with Gasteiger partial charge in [-0.25, -0.2) is 17.9 Å². The number of hydrogen-bond donors (Lipinski definition) is 2. The fourth-order valence-electron chi connectivity index (χ4n) is 2.49. The molecule has 0 unspecified atom stereocenters. The number of esters is 1. The number of carbonyl (C=O) groups is 3. The van der Waals surface area contributed by atoms with Crippen LogP contribution in [0.25, 0.3) is 0 Å². The summed E-state index contributed by atoms with van der Waals surface area (Å²) in [6, 6.07) is 4.95. The average molecular weight is 383 g/mol. The number of sulfonamides is 1. The number of likely N-dealkylation sites (tertiary alicyclic amines) is 1. The summed E-state index contributed by atoms with van der Waals surface area (Å²) < 4.78 is 31.1. The van der Waals surface area contributed by atoms with Gasteiger partial charge < -0.3 is 15.4 Å². The van der Waals surface area contributed by atoms with Crippen molar-refractivity contribution in [1.29, 1.82) is 0 Å². The van der Waals surface area contributed by atoms with Crippen LogP contribution in [0, 0.1) is 0 Å². The average Bonchev–Trinajstić information content (AvgIpc) is 3.14. The fraction of sp³-hybridized carbons (Fsp3) is 0.438. The second-order valence-corrected chi connectivity index (χ2v) is 7.66. The number of nitrogens with zero attached hydrogens (tertiary/aromatic N) is 1. The van der Waals surface area contributed by atoms with E-state index in [2.05, 4.69) is 0 Å². The lowest BCUT2D eigenvalue weighted by Gasteiger charge is -2.20. The molecule has 1 aliphatic rings. The van der Waals surface area contributed by atoms with Crippen LogP contribution in [-0.2, 0) is 24.3 Å². The van der Waals surface area contributed by atoms with Gasteiger partial charge in [-0.1, -0.05) is 0 Å².